The van der Waals surface area contributed by atoms with Gasteiger partial charge in [0.05, 0.1) is 11.5 Å². The van der Waals surface area contributed by atoms with Crippen molar-refractivity contribution < 1.29 is 17.9 Å². The van der Waals surface area contributed by atoms with Gasteiger partial charge in [0.15, 0.2) is 0 Å². The van der Waals surface area contributed by atoms with Gasteiger partial charge in [0.25, 0.3) is 0 Å². The van der Waals surface area contributed by atoms with Gasteiger partial charge in [-0.05, 0) is 67.6 Å². The van der Waals surface area contributed by atoms with Crippen LogP contribution in [-0.4, -0.2) is 38.3 Å². The lowest BCUT2D eigenvalue weighted by Crippen LogP contribution is -2.47. The molecule has 0 spiro atoms. The minimum Gasteiger partial charge on any atom is -0.493 e. The summed E-state index contributed by atoms with van der Waals surface area (Å²) in [6, 6.07) is 12.4. The second kappa shape index (κ2) is 9.59. The molecule has 168 valence electrons. The van der Waals surface area contributed by atoms with E-state index in [0.29, 0.717) is 41.6 Å². The van der Waals surface area contributed by atoms with Crippen molar-refractivity contribution in [2.24, 2.45) is 11.1 Å². The fourth-order valence-corrected chi connectivity index (χ4v) is 5.49. The normalized spacial score (nSPS) is 16.7. The minimum absolute atomic E-state index is 0.151. The summed E-state index contributed by atoms with van der Waals surface area (Å²) in [7, 11) is -3.58. The Morgan fingerprint density at radius 2 is 1.81 bits per heavy atom. The van der Waals surface area contributed by atoms with Gasteiger partial charge in [-0.3, -0.25) is 4.79 Å². The molecule has 0 saturated carbocycles. The molecule has 0 unspecified atom stereocenters. The zero-order chi connectivity index (χ0) is 22.6. The zero-order valence-corrected chi connectivity index (χ0v) is 19.5. The van der Waals surface area contributed by atoms with Gasteiger partial charge in [-0.25, -0.2) is 8.42 Å². The SMILES string of the molecule is CCc1ccc(S(=O)(=O)N2CCC(COc3ccc(Cl)c(C)c3)(CC(N)=O)CC2)cc1. The molecule has 1 saturated heterocycles. The highest BCUT2D eigenvalue weighted by Gasteiger charge is 2.40. The summed E-state index contributed by atoms with van der Waals surface area (Å²) < 4.78 is 33.6. The largest absolute Gasteiger partial charge is 0.493 e. The van der Waals surface area contributed by atoms with E-state index in [0.717, 1.165) is 17.5 Å². The second-order valence-electron chi connectivity index (χ2n) is 8.24. The Kier molecular flexibility index (Phi) is 7.29. The molecule has 0 aromatic heterocycles. The monoisotopic (exact) mass is 464 g/mol. The van der Waals surface area contributed by atoms with Crippen LogP contribution in [0.2, 0.25) is 5.02 Å². The Hall–Kier alpha value is -2.09. The summed E-state index contributed by atoms with van der Waals surface area (Å²) in [5.41, 5.74) is 7.01. The van der Waals surface area contributed by atoms with Crippen LogP contribution in [0.5, 0.6) is 5.75 Å². The van der Waals surface area contributed by atoms with Crippen LogP contribution in [0.25, 0.3) is 0 Å². The number of amides is 1. The molecule has 2 N–H and O–H groups in total. The number of nitrogens with zero attached hydrogens (tertiary/aromatic N) is 1. The molecule has 1 amide bonds. The number of halogens is 1. The van der Waals surface area contributed by atoms with Crippen molar-refractivity contribution in [3.8, 4) is 5.75 Å². The van der Waals surface area contributed by atoms with Crippen LogP contribution in [0.1, 0.15) is 37.3 Å². The summed E-state index contributed by atoms with van der Waals surface area (Å²) in [6.07, 6.45) is 2.00. The van der Waals surface area contributed by atoms with Crippen LogP contribution in [0.3, 0.4) is 0 Å². The number of hydrogen-bond donors (Lipinski definition) is 1. The molecule has 0 atom stereocenters. The molecule has 31 heavy (non-hydrogen) atoms. The number of hydrogen-bond acceptors (Lipinski definition) is 4. The van der Waals surface area contributed by atoms with Gasteiger partial charge in [0.2, 0.25) is 15.9 Å². The van der Waals surface area contributed by atoms with E-state index in [9.17, 15) is 13.2 Å². The predicted octanol–water partition coefficient (Wildman–Crippen LogP) is 3.94. The minimum atomic E-state index is -3.58. The van der Waals surface area contributed by atoms with Crippen LogP contribution >= 0.6 is 11.6 Å². The molecule has 8 heteroatoms. The van der Waals surface area contributed by atoms with Crippen molar-refractivity contribution in [3.05, 3.63) is 58.6 Å². The number of piperidine rings is 1. The van der Waals surface area contributed by atoms with Crippen LogP contribution in [0, 0.1) is 12.3 Å². The van der Waals surface area contributed by atoms with Gasteiger partial charge in [0.1, 0.15) is 5.75 Å². The summed E-state index contributed by atoms with van der Waals surface area (Å²) in [5, 5.41) is 0.657. The number of benzene rings is 2. The van der Waals surface area contributed by atoms with Crippen molar-refractivity contribution >= 4 is 27.5 Å². The lowest BCUT2D eigenvalue weighted by atomic mass is 9.76. The van der Waals surface area contributed by atoms with E-state index in [-0.39, 0.29) is 13.0 Å². The molecular weight excluding hydrogens is 436 g/mol. The number of aryl methyl sites for hydroxylation is 2. The summed E-state index contributed by atoms with van der Waals surface area (Å²) >= 11 is 6.07. The lowest BCUT2D eigenvalue weighted by Gasteiger charge is -2.40. The predicted molar refractivity (Wildman–Crippen MR) is 122 cm³/mol. The smallest absolute Gasteiger partial charge is 0.243 e. The molecule has 6 nitrogen and oxygen atoms in total. The molecule has 0 bridgehead atoms. The zero-order valence-electron chi connectivity index (χ0n) is 17.9. The molecule has 1 heterocycles. The third-order valence-corrected chi connectivity index (χ3v) is 8.31. The molecular formula is C23H29ClN2O4S. The Morgan fingerprint density at radius 3 is 2.35 bits per heavy atom. The Labute approximate surface area is 189 Å². The number of primary amides is 1. The summed E-state index contributed by atoms with van der Waals surface area (Å²) in [5.74, 6) is 0.249. The Bertz CT molecular complexity index is 1030. The standard InChI is InChI=1S/C23H29ClN2O4S/c1-3-18-4-7-20(8-5-18)31(28,29)26-12-10-23(11-13-26,15-22(25)27)16-30-19-6-9-21(24)17(2)14-19/h4-9,14H,3,10-13,15-16H2,1-2H3,(H2,25,27). The number of sulfonamides is 1. The fourth-order valence-electron chi connectivity index (χ4n) is 3.93. The first-order valence-electron chi connectivity index (χ1n) is 10.4. The molecule has 2 aromatic carbocycles. The Morgan fingerprint density at radius 1 is 1.16 bits per heavy atom. The van der Waals surface area contributed by atoms with E-state index >= 15 is 0 Å². The van der Waals surface area contributed by atoms with Crippen LogP contribution in [-0.2, 0) is 21.2 Å². The fraction of sp³-hybridized carbons (Fsp3) is 0.435. The lowest BCUT2D eigenvalue weighted by molar-refractivity contribution is -0.121. The Balaban J connectivity index is 1.71. The first kappa shape index (κ1) is 23.6. The number of ether oxygens (including phenoxy) is 1. The van der Waals surface area contributed by atoms with Crippen LogP contribution < -0.4 is 10.5 Å². The quantitative estimate of drug-likeness (QED) is 0.640. The van der Waals surface area contributed by atoms with E-state index < -0.39 is 21.3 Å². The van der Waals surface area contributed by atoms with Crippen LogP contribution in [0.15, 0.2) is 47.4 Å². The highest BCUT2D eigenvalue weighted by Crippen LogP contribution is 2.37. The van der Waals surface area contributed by atoms with E-state index in [1.807, 2.05) is 32.0 Å². The highest BCUT2D eigenvalue weighted by molar-refractivity contribution is 7.89. The maximum absolute atomic E-state index is 13.1. The number of carbonyl (C=O) groups is 1. The van der Waals surface area contributed by atoms with Gasteiger partial charge in [0, 0.05) is 29.9 Å². The summed E-state index contributed by atoms with van der Waals surface area (Å²) in [6.45, 7) is 4.84. The van der Waals surface area contributed by atoms with Gasteiger partial charge < -0.3 is 10.5 Å². The van der Waals surface area contributed by atoms with E-state index in [2.05, 4.69) is 0 Å². The average molecular weight is 465 g/mol. The third kappa shape index (κ3) is 5.59. The average Bonchev–Trinajstić information content (AvgIpc) is 2.74. The van der Waals surface area contributed by atoms with Crippen molar-refractivity contribution in [3.63, 3.8) is 0 Å². The van der Waals surface area contributed by atoms with Crippen LogP contribution in [0.4, 0.5) is 0 Å². The first-order valence-corrected chi connectivity index (χ1v) is 12.2. The maximum atomic E-state index is 13.1. The van der Waals surface area contributed by atoms with Gasteiger partial charge in [-0.2, -0.15) is 4.31 Å². The topological polar surface area (TPSA) is 89.7 Å². The molecule has 1 fully saturated rings. The first-order chi connectivity index (χ1) is 14.6. The van der Waals surface area contributed by atoms with Gasteiger partial charge >= 0.3 is 0 Å². The van der Waals surface area contributed by atoms with E-state index in [4.69, 9.17) is 22.1 Å². The van der Waals surface area contributed by atoms with Crippen molar-refractivity contribution in [2.75, 3.05) is 19.7 Å². The number of carbonyl (C=O) groups excluding carboxylic acids is 1. The van der Waals surface area contributed by atoms with Gasteiger partial charge in [-0.15, -0.1) is 0 Å². The molecule has 1 aliphatic rings. The van der Waals surface area contributed by atoms with E-state index in [1.165, 1.54) is 4.31 Å². The van der Waals surface area contributed by atoms with E-state index in [1.54, 1.807) is 24.3 Å². The molecule has 0 aliphatic carbocycles. The molecule has 0 radical (unpaired) electrons. The molecule has 1 aliphatic heterocycles. The van der Waals surface area contributed by atoms with Crippen molar-refractivity contribution in [1.82, 2.24) is 4.31 Å². The molecule has 3 rings (SSSR count). The van der Waals surface area contributed by atoms with Crippen molar-refractivity contribution in [2.45, 2.75) is 44.4 Å². The summed E-state index contributed by atoms with van der Waals surface area (Å²) in [4.78, 5) is 12.1. The number of nitrogens with two attached hydrogens (primary N) is 1. The van der Waals surface area contributed by atoms with Crippen molar-refractivity contribution in [1.29, 1.82) is 0 Å². The highest BCUT2D eigenvalue weighted by atomic mass is 35.5. The van der Waals surface area contributed by atoms with Gasteiger partial charge in [-0.1, -0.05) is 30.7 Å². The molecule has 2 aromatic rings. The second-order valence-corrected chi connectivity index (χ2v) is 10.6. The maximum Gasteiger partial charge on any atom is 0.243 e. The number of rotatable bonds is 8. The third-order valence-electron chi connectivity index (χ3n) is 5.98.